The Labute approximate surface area is 387 Å². The molecule has 2 heteroatoms. The monoisotopic (exact) mass is 839 g/mol. The number of fused-ring (bicyclic) bond motifs is 1. The molecule has 66 heavy (non-hydrogen) atoms. The molecule has 310 valence electrons. The fourth-order valence-corrected chi connectivity index (χ4v) is 11.4. The topological polar surface area (TPSA) is 4.93 Å². The summed E-state index contributed by atoms with van der Waals surface area (Å²) in [4.78, 5) is 0. The number of hydrogen-bond acceptors (Lipinski definition) is 0. The Balaban J connectivity index is 1.25. The number of hydrogen-bond donors (Lipinski definition) is 0. The van der Waals surface area contributed by atoms with E-state index in [9.17, 15) is 0 Å². The van der Waals surface area contributed by atoms with Crippen LogP contribution < -0.4 is 16.4 Å². The van der Waals surface area contributed by atoms with E-state index >= 15 is 0 Å². The van der Waals surface area contributed by atoms with Gasteiger partial charge in [-0.25, -0.2) is 0 Å². The molecule has 0 saturated heterocycles. The first kappa shape index (κ1) is 38.5. The lowest BCUT2D eigenvalue weighted by molar-refractivity contribution is 0.631. The molecule has 0 atom stereocenters. The normalized spacial score (nSPS) is 13.2. The highest BCUT2D eigenvalue weighted by Crippen LogP contribution is 2.51. The molecular formula is C64H46BN. The SMILES string of the molecule is Cc1ccc(-c2cc3c4c(c2)C(C)(C)c2cc(-c5ccccc5)cc5c6cc(-c7ccccc7)cc(c6n-4c25)B3c2c(-c3ccccc3)cc(-c3ccccc3)cc2-c2ccccc2)cc1. The summed E-state index contributed by atoms with van der Waals surface area (Å²) in [5.74, 6) is 0. The largest absolute Gasteiger partial charge is 0.310 e. The Morgan fingerprint density at radius 3 is 1.26 bits per heavy atom. The van der Waals surface area contributed by atoms with Crippen LogP contribution in [0.5, 0.6) is 0 Å². The zero-order valence-electron chi connectivity index (χ0n) is 37.4. The lowest BCUT2D eigenvalue weighted by Gasteiger charge is -2.40. The van der Waals surface area contributed by atoms with Crippen LogP contribution in [0, 0.1) is 6.92 Å². The van der Waals surface area contributed by atoms with Crippen LogP contribution >= 0.6 is 0 Å². The quantitative estimate of drug-likeness (QED) is 0.141. The lowest BCUT2D eigenvalue weighted by atomic mass is 9.33. The fraction of sp³-hybridized carbons (Fsp3) is 0.0625. The van der Waals surface area contributed by atoms with E-state index in [0.29, 0.717) is 0 Å². The molecule has 0 amide bonds. The maximum Gasteiger partial charge on any atom is 0.248 e. The summed E-state index contributed by atoms with van der Waals surface area (Å²) >= 11 is 0. The van der Waals surface area contributed by atoms with Crippen molar-refractivity contribution in [2.75, 3.05) is 0 Å². The van der Waals surface area contributed by atoms with E-state index in [2.05, 4.69) is 250 Å². The molecule has 3 heterocycles. The predicted molar refractivity (Wildman–Crippen MR) is 281 cm³/mol. The first-order valence-corrected chi connectivity index (χ1v) is 23.3. The molecule has 0 spiro atoms. The highest BCUT2D eigenvalue weighted by atomic mass is 15.0. The summed E-state index contributed by atoms with van der Waals surface area (Å²) < 4.78 is 2.69. The molecule has 1 aromatic heterocycles. The third-order valence-electron chi connectivity index (χ3n) is 14.7. The van der Waals surface area contributed by atoms with Crippen molar-refractivity contribution in [2.45, 2.75) is 26.2 Å². The van der Waals surface area contributed by atoms with Crippen molar-refractivity contribution in [3.63, 3.8) is 0 Å². The average Bonchev–Trinajstić information content (AvgIpc) is 3.71. The van der Waals surface area contributed by atoms with Crippen molar-refractivity contribution < 1.29 is 0 Å². The standard InChI is InChI=1S/C64H46BN/c1-41-29-31-45(32-30-41)51-38-57-63-59(40-51)65(60-52(46-25-15-7-16-26-46)33-48(42-19-9-4-10-20-42)34-53(60)47-27-17-8-18-28-47)58-39-50(44-23-13-6-14-24-44)36-55-54-35-49(43-21-11-5-12-22-43)37-56(64(57,2)3)61(54)66(63)62(55)58/h4-40H,1-3H3. The van der Waals surface area contributed by atoms with Gasteiger partial charge in [0.15, 0.2) is 0 Å². The highest BCUT2D eigenvalue weighted by molar-refractivity contribution is 6.99. The molecule has 0 N–H and O–H groups in total. The minimum Gasteiger partial charge on any atom is -0.310 e. The van der Waals surface area contributed by atoms with Crippen LogP contribution in [0.2, 0.25) is 0 Å². The maximum atomic E-state index is 2.69. The van der Waals surface area contributed by atoms with Gasteiger partial charge in [0.25, 0.3) is 0 Å². The number of rotatable bonds is 7. The minimum atomic E-state index is -0.329. The van der Waals surface area contributed by atoms with Crippen molar-refractivity contribution in [2.24, 2.45) is 0 Å². The van der Waals surface area contributed by atoms with Crippen LogP contribution in [0.4, 0.5) is 0 Å². The third kappa shape index (κ3) is 5.88. The Hall–Kier alpha value is -7.94. The van der Waals surface area contributed by atoms with Gasteiger partial charge in [-0.3, -0.25) is 0 Å². The summed E-state index contributed by atoms with van der Waals surface area (Å²) in [7, 11) is 0. The molecule has 2 aliphatic rings. The summed E-state index contributed by atoms with van der Waals surface area (Å²) in [6, 6.07) is 84.3. The molecule has 0 unspecified atom stereocenters. The summed E-state index contributed by atoms with van der Waals surface area (Å²) in [5.41, 5.74) is 26.3. The van der Waals surface area contributed by atoms with Gasteiger partial charge in [0.05, 0.1) is 5.52 Å². The average molecular weight is 840 g/mol. The van der Waals surface area contributed by atoms with Gasteiger partial charge in [0.1, 0.15) is 0 Å². The van der Waals surface area contributed by atoms with E-state index in [1.165, 1.54) is 127 Å². The van der Waals surface area contributed by atoms with E-state index in [0.717, 1.165) is 0 Å². The predicted octanol–water partition coefficient (Wildman–Crippen LogP) is 14.6. The molecule has 10 aromatic carbocycles. The molecule has 0 bridgehead atoms. The lowest BCUT2D eigenvalue weighted by Crippen LogP contribution is -2.58. The smallest absolute Gasteiger partial charge is 0.248 e. The molecule has 1 nitrogen and oxygen atoms in total. The number of benzene rings is 10. The van der Waals surface area contributed by atoms with Crippen LogP contribution in [0.3, 0.4) is 0 Å². The van der Waals surface area contributed by atoms with E-state index in [-0.39, 0.29) is 12.1 Å². The molecule has 13 rings (SSSR count). The molecular weight excluding hydrogens is 794 g/mol. The van der Waals surface area contributed by atoms with Crippen molar-refractivity contribution in [1.82, 2.24) is 4.57 Å². The molecule has 0 radical (unpaired) electrons. The van der Waals surface area contributed by atoms with E-state index in [4.69, 9.17) is 0 Å². The molecule has 0 aliphatic carbocycles. The second-order valence-electron chi connectivity index (χ2n) is 18.9. The van der Waals surface area contributed by atoms with E-state index < -0.39 is 0 Å². The summed E-state index contributed by atoms with van der Waals surface area (Å²) in [6.07, 6.45) is 0. The van der Waals surface area contributed by atoms with E-state index in [1.807, 2.05) is 0 Å². The Kier molecular flexibility index (Phi) is 8.64. The van der Waals surface area contributed by atoms with Crippen molar-refractivity contribution in [3.8, 4) is 72.4 Å². The second-order valence-corrected chi connectivity index (χ2v) is 18.9. The van der Waals surface area contributed by atoms with Gasteiger partial charge in [0.2, 0.25) is 6.71 Å². The number of nitrogens with zero attached hydrogens (tertiary/aromatic N) is 1. The first-order valence-electron chi connectivity index (χ1n) is 23.3. The van der Waals surface area contributed by atoms with Gasteiger partial charge in [-0.15, -0.1) is 0 Å². The van der Waals surface area contributed by atoms with Crippen LogP contribution in [0.1, 0.15) is 30.5 Å². The van der Waals surface area contributed by atoms with Gasteiger partial charge >= 0.3 is 0 Å². The van der Waals surface area contributed by atoms with Crippen molar-refractivity contribution in [1.29, 1.82) is 0 Å². The summed E-state index contributed by atoms with van der Waals surface area (Å²) in [6.45, 7) is 6.98. The van der Waals surface area contributed by atoms with Crippen LogP contribution in [-0.4, -0.2) is 11.3 Å². The van der Waals surface area contributed by atoms with Gasteiger partial charge in [-0.1, -0.05) is 213 Å². The molecule has 2 aliphatic heterocycles. The van der Waals surface area contributed by atoms with Crippen LogP contribution in [0.25, 0.3) is 94.3 Å². The maximum absolute atomic E-state index is 2.69. The number of aromatic nitrogens is 1. The van der Waals surface area contributed by atoms with Crippen LogP contribution in [-0.2, 0) is 5.41 Å². The second kappa shape index (κ2) is 14.8. The third-order valence-corrected chi connectivity index (χ3v) is 14.7. The Morgan fingerprint density at radius 2 is 0.742 bits per heavy atom. The van der Waals surface area contributed by atoms with Gasteiger partial charge in [-0.2, -0.15) is 0 Å². The van der Waals surface area contributed by atoms with Crippen molar-refractivity contribution >= 4 is 44.9 Å². The Morgan fingerprint density at radius 1 is 0.348 bits per heavy atom. The van der Waals surface area contributed by atoms with Crippen LogP contribution in [0.15, 0.2) is 224 Å². The zero-order chi connectivity index (χ0) is 44.1. The minimum absolute atomic E-state index is 0.131. The highest BCUT2D eigenvalue weighted by Gasteiger charge is 2.44. The Bertz CT molecular complexity index is 3620. The number of aryl methyl sites for hydroxylation is 1. The van der Waals surface area contributed by atoms with Gasteiger partial charge in [0, 0.05) is 27.4 Å². The zero-order valence-corrected chi connectivity index (χ0v) is 37.4. The van der Waals surface area contributed by atoms with E-state index in [1.54, 1.807) is 0 Å². The summed E-state index contributed by atoms with van der Waals surface area (Å²) in [5, 5.41) is 2.60. The van der Waals surface area contributed by atoms with Gasteiger partial charge < -0.3 is 4.57 Å². The molecule has 11 aromatic rings. The molecule has 0 saturated carbocycles. The first-order chi connectivity index (χ1) is 32.4. The molecule has 0 fully saturated rings. The van der Waals surface area contributed by atoms with Gasteiger partial charge in [-0.05, 0) is 132 Å². The van der Waals surface area contributed by atoms with Crippen molar-refractivity contribution in [3.05, 3.63) is 241 Å². The fourth-order valence-electron chi connectivity index (χ4n) is 11.4.